The van der Waals surface area contributed by atoms with E-state index in [1.165, 1.54) is 8.45 Å². The molecule has 0 aliphatic heterocycles. The van der Waals surface area contributed by atoms with Crippen molar-refractivity contribution in [2.24, 2.45) is 0 Å². The molecular formula is C12H13BrINOS. The van der Waals surface area contributed by atoms with Gasteiger partial charge in [0.15, 0.2) is 4.67 Å². The molecule has 2 heterocycles. The van der Waals surface area contributed by atoms with Crippen LogP contribution < -0.4 is 5.32 Å². The lowest BCUT2D eigenvalue weighted by Crippen LogP contribution is -2.22. The Morgan fingerprint density at radius 1 is 1.53 bits per heavy atom. The number of hydrogen-bond donors (Lipinski definition) is 1. The Bertz CT molecular complexity index is 442. The van der Waals surface area contributed by atoms with Gasteiger partial charge in [0, 0.05) is 0 Å². The summed E-state index contributed by atoms with van der Waals surface area (Å²) in [5, 5.41) is 5.70. The van der Waals surface area contributed by atoms with Crippen LogP contribution in [0, 0.1) is 2.88 Å². The molecule has 5 heteroatoms. The van der Waals surface area contributed by atoms with Crippen molar-refractivity contribution in [1.29, 1.82) is 0 Å². The van der Waals surface area contributed by atoms with E-state index in [2.05, 4.69) is 62.2 Å². The predicted molar refractivity (Wildman–Crippen MR) is 83.6 cm³/mol. The van der Waals surface area contributed by atoms with Gasteiger partial charge in [0.2, 0.25) is 0 Å². The molecule has 0 aromatic carbocycles. The normalized spacial score (nSPS) is 12.9. The van der Waals surface area contributed by atoms with Crippen molar-refractivity contribution in [1.82, 2.24) is 5.32 Å². The Morgan fingerprint density at radius 3 is 2.88 bits per heavy atom. The molecule has 0 radical (unpaired) electrons. The molecule has 92 valence electrons. The van der Waals surface area contributed by atoms with Gasteiger partial charge < -0.3 is 9.73 Å². The van der Waals surface area contributed by atoms with Gasteiger partial charge in [0.25, 0.3) is 0 Å². The highest BCUT2D eigenvalue weighted by molar-refractivity contribution is 14.1. The lowest BCUT2D eigenvalue weighted by Gasteiger charge is -2.14. The Hall–Kier alpha value is 0.150. The van der Waals surface area contributed by atoms with Crippen LogP contribution in [0.5, 0.6) is 0 Å². The summed E-state index contributed by atoms with van der Waals surface area (Å²) in [6.45, 7) is 3.15. The zero-order valence-corrected chi connectivity index (χ0v) is 13.9. The molecule has 0 saturated heterocycles. The molecule has 0 saturated carbocycles. The van der Waals surface area contributed by atoms with Gasteiger partial charge in [0.1, 0.15) is 5.76 Å². The van der Waals surface area contributed by atoms with Crippen LogP contribution >= 0.6 is 49.9 Å². The van der Waals surface area contributed by atoms with E-state index in [-0.39, 0.29) is 6.04 Å². The number of furan rings is 1. The standard InChI is InChI=1S/C12H13BrINOS/c1-2-5-15-12(8-6-11(14)17-7-8)9-3-4-10(13)16-9/h3-4,6-7,12,15H,2,5H2,1H3. The predicted octanol–water partition coefficient (Wildman–Crippen LogP) is 4.80. The molecule has 0 aliphatic carbocycles. The lowest BCUT2D eigenvalue weighted by molar-refractivity contribution is 0.433. The molecule has 2 aromatic heterocycles. The first-order chi connectivity index (χ1) is 8.20. The first-order valence-corrected chi connectivity index (χ1v) is 8.18. The van der Waals surface area contributed by atoms with Gasteiger partial charge in [0.05, 0.1) is 8.93 Å². The quantitative estimate of drug-likeness (QED) is 0.696. The summed E-state index contributed by atoms with van der Waals surface area (Å²) in [6, 6.07) is 6.31. The molecule has 17 heavy (non-hydrogen) atoms. The summed E-state index contributed by atoms with van der Waals surface area (Å²) in [5.74, 6) is 0.958. The average Bonchev–Trinajstić information content (AvgIpc) is 2.89. The van der Waals surface area contributed by atoms with Crippen LogP contribution in [0.2, 0.25) is 0 Å². The topological polar surface area (TPSA) is 25.2 Å². The van der Waals surface area contributed by atoms with Crippen molar-refractivity contribution in [2.75, 3.05) is 6.54 Å². The van der Waals surface area contributed by atoms with E-state index in [0.717, 1.165) is 23.4 Å². The van der Waals surface area contributed by atoms with Crippen molar-refractivity contribution in [2.45, 2.75) is 19.4 Å². The van der Waals surface area contributed by atoms with Crippen LogP contribution in [0.15, 0.2) is 32.7 Å². The van der Waals surface area contributed by atoms with Crippen molar-refractivity contribution in [3.05, 3.63) is 42.5 Å². The Labute approximate surface area is 127 Å². The van der Waals surface area contributed by atoms with Crippen molar-refractivity contribution < 1.29 is 4.42 Å². The van der Waals surface area contributed by atoms with Gasteiger partial charge in [-0.05, 0) is 80.6 Å². The molecule has 0 amide bonds. The van der Waals surface area contributed by atoms with Gasteiger partial charge in [-0.25, -0.2) is 0 Å². The summed E-state index contributed by atoms with van der Waals surface area (Å²) in [5.41, 5.74) is 1.27. The minimum Gasteiger partial charge on any atom is -0.452 e. The second kappa shape index (κ2) is 6.36. The Balaban J connectivity index is 2.24. The maximum Gasteiger partial charge on any atom is 0.169 e. The number of halogens is 2. The van der Waals surface area contributed by atoms with E-state index < -0.39 is 0 Å². The highest BCUT2D eigenvalue weighted by atomic mass is 127. The van der Waals surface area contributed by atoms with Gasteiger partial charge >= 0.3 is 0 Å². The summed E-state index contributed by atoms with van der Waals surface area (Å²) in [4.78, 5) is 0. The number of rotatable bonds is 5. The van der Waals surface area contributed by atoms with E-state index in [0.29, 0.717) is 0 Å². The van der Waals surface area contributed by atoms with Crippen molar-refractivity contribution >= 4 is 49.9 Å². The largest absolute Gasteiger partial charge is 0.452 e. The highest BCUT2D eigenvalue weighted by Gasteiger charge is 2.18. The fraction of sp³-hybridized carbons (Fsp3) is 0.333. The molecule has 0 bridgehead atoms. The Kier molecular flexibility index (Phi) is 5.08. The van der Waals surface area contributed by atoms with Gasteiger partial charge in [-0.3, -0.25) is 0 Å². The molecule has 2 nitrogen and oxygen atoms in total. The molecule has 1 unspecified atom stereocenters. The van der Waals surface area contributed by atoms with Crippen molar-refractivity contribution in [3.63, 3.8) is 0 Å². The van der Waals surface area contributed by atoms with Crippen LogP contribution in [0.1, 0.15) is 30.7 Å². The maximum atomic E-state index is 5.66. The zero-order valence-electron chi connectivity index (χ0n) is 9.37. The minimum atomic E-state index is 0.154. The maximum absolute atomic E-state index is 5.66. The van der Waals surface area contributed by atoms with Gasteiger partial charge in [-0.2, -0.15) is 0 Å². The van der Waals surface area contributed by atoms with Gasteiger partial charge in [-0.1, -0.05) is 6.92 Å². The third-order valence-corrected chi connectivity index (χ3v) is 4.63. The third-order valence-electron chi connectivity index (χ3n) is 2.40. The van der Waals surface area contributed by atoms with Crippen LogP contribution in [-0.4, -0.2) is 6.54 Å². The van der Waals surface area contributed by atoms with Gasteiger partial charge in [-0.15, -0.1) is 11.3 Å². The van der Waals surface area contributed by atoms with Crippen LogP contribution in [0.3, 0.4) is 0 Å². The second-order valence-electron chi connectivity index (χ2n) is 3.71. The fourth-order valence-corrected chi connectivity index (χ4v) is 3.35. The molecule has 1 atom stereocenters. The van der Waals surface area contributed by atoms with Crippen LogP contribution in [-0.2, 0) is 0 Å². The fourth-order valence-electron chi connectivity index (χ4n) is 1.63. The van der Waals surface area contributed by atoms with E-state index in [1.54, 1.807) is 11.3 Å². The molecule has 0 spiro atoms. The molecule has 0 fully saturated rings. The van der Waals surface area contributed by atoms with E-state index in [9.17, 15) is 0 Å². The third kappa shape index (κ3) is 3.56. The first kappa shape index (κ1) is 13.6. The molecule has 1 N–H and O–H groups in total. The number of thiophene rings is 1. The van der Waals surface area contributed by atoms with Crippen LogP contribution in [0.25, 0.3) is 0 Å². The van der Waals surface area contributed by atoms with E-state index in [1.807, 2.05) is 12.1 Å². The Morgan fingerprint density at radius 2 is 2.35 bits per heavy atom. The first-order valence-electron chi connectivity index (χ1n) is 5.43. The smallest absolute Gasteiger partial charge is 0.169 e. The zero-order chi connectivity index (χ0) is 12.3. The second-order valence-corrected chi connectivity index (χ2v) is 7.30. The molecule has 2 rings (SSSR count). The number of hydrogen-bond acceptors (Lipinski definition) is 3. The minimum absolute atomic E-state index is 0.154. The van der Waals surface area contributed by atoms with Crippen molar-refractivity contribution in [3.8, 4) is 0 Å². The summed E-state index contributed by atoms with van der Waals surface area (Å²) >= 11 is 7.46. The van der Waals surface area contributed by atoms with Crippen LogP contribution in [0.4, 0.5) is 0 Å². The van der Waals surface area contributed by atoms with E-state index >= 15 is 0 Å². The summed E-state index contributed by atoms with van der Waals surface area (Å²) < 4.78 is 7.74. The van der Waals surface area contributed by atoms with E-state index in [4.69, 9.17) is 4.42 Å². The highest BCUT2D eigenvalue weighted by Crippen LogP contribution is 2.29. The summed E-state index contributed by atoms with van der Waals surface area (Å²) in [6.07, 6.45) is 1.11. The lowest BCUT2D eigenvalue weighted by atomic mass is 10.1. The molecular weight excluding hydrogens is 413 g/mol. The number of nitrogens with one attached hydrogen (secondary N) is 1. The summed E-state index contributed by atoms with van der Waals surface area (Å²) in [7, 11) is 0. The average molecular weight is 426 g/mol. The monoisotopic (exact) mass is 425 g/mol. The SMILES string of the molecule is CCCNC(c1csc(I)c1)c1ccc(Br)o1. The molecule has 2 aromatic rings. The molecule has 0 aliphatic rings.